The monoisotopic (exact) mass is 315 g/mol. The number of hydrogen-bond donors (Lipinski definition) is 1. The standard InChI is InChI=1S/C16H17N3O4/c1-4-23-16(22)14-9-13(18-19(14)3)15(21)17-12-7-5-11(6-8-12)10(2)20/h5-9H,4H2,1-3H3,(H,17,21). The Balaban J connectivity index is 2.13. The molecule has 0 atom stereocenters. The van der Waals surface area contributed by atoms with Gasteiger partial charge >= 0.3 is 5.97 Å². The van der Waals surface area contributed by atoms with E-state index < -0.39 is 11.9 Å². The number of amides is 1. The van der Waals surface area contributed by atoms with Crippen LogP contribution in [0.3, 0.4) is 0 Å². The van der Waals surface area contributed by atoms with Crippen LogP contribution >= 0.6 is 0 Å². The zero-order chi connectivity index (χ0) is 17.0. The Morgan fingerprint density at radius 2 is 1.87 bits per heavy atom. The second-order valence-electron chi connectivity index (χ2n) is 4.85. The molecule has 0 fully saturated rings. The van der Waals surface area contributed by atoms with E-state index in [1.807, 2.05) is 0 Å². The highest BCUT2D eigenvalue weighted by Crippen LogP contribution is 2.12. The molecule has 0 aliphatic heterocycles. The number of Topliss-reactive ketones (excluding diaryl/α,β-unsaturated/α-hetero) is 1. The van der Waals surface area contributed by atoms with E-state index in [0.29, 0.717) is 11.3 Å². The van der Waals surface area contributed by atoms with Crippen LogP contribution in [0.5, 0.6) is 0 Å². The Bertz CT molecular complexity index is 747. The molecule has 0 bridgehead atoms. The number of hydrogen-bond acceptors (Lipinski definition) is 5. The summed E-state index contributed by atoms with van der Waals surface area (Å²) in [7, 11) is 1.56. The Kier molecular flexibility index (Phi) is 4.90. The van der Waals surface area contributed by atoms with Crippen molar-refractivity contribution < 1.29 is 19.1 Å². The van der Waals surface area contributed by atoms with E-state index in [1.165, 1.54) is 17.7 Å². The van der Waals surface area contributed by atoms with E-state index in [0.717, 1.165) is 0 Å². The number of benzene rings is 1. The van der Waals surface area contributed by atoms with Gasteiger partial charge in [0.1, 0.15) is 5.69 Å². The summed E-state index contributed by atoms with van der Waals surface area (Å²) in [4.78, 5) is 35.1. The molecule has 0 aliphatic carbocycles. The number of ether oxygens (including phenoxy) is 1. The number of esters is 1. The summed E-state index contributed by atoms with van der Waals surface area (Å²) in [5, 5.41) is 6.66. The second kappa shape index (κ2) is 6.87. The minimum Gasteiger partial charge on any atom is -0.461 e. The lowest BCUT2D eigenvalue weighted by molar-refractivity contribution is 0.0513. The summed E-state index contributed by atoms with van der Waals surface area (Å²) in [6.07, 6.45) is 0. The van der Waals surface area contributed by atoms with Gasteiger partial charge in [-0.05, 0) is 38.1 Å². The lowest BCUT2D eigenvalue weighted by atomic mass is 10.1. The first-order valence-electron chi connectivity index (χ1n) is 7.06. The van der Waals surface area contributed by atoms with Crippen LogP contribution in [-0.2, 0) is 11.8 Å². The summed E-state index contributed by atoms with van der Waals surface area (Å²) in [6.45, 7) is 3.42. The Hall–Kier alpha value is -2.96. The molecular formula is C16H17N3O4. The van der Waals surface area contributed by atoms with Crippen LogP contribution < -0.4 is 5.32 Å². The number of aryl methyl sites for hydroxylation is 1. The van der Waals surface area contributed by atoms with Crippen molar-refractivity contribution in [3.8, 4) is 0 Å². The molecule has 0 radical (unpaired) electrons. The molecule has 7 nitrogen and oxygen atoms in total. The number of nitrogens with zero attached hydrogens (tertiary/aromatic N) is 2. The van der Waals surface area contributed by atoms with Gasteiger partial charge in [0.05, 0.1) is 6.61 Å². The molecule has 1 heterocycles. The normalized spacial score (nSPS) is 10.2. The number of rotatable bonds is 5. The van der Waals surface area contributed by atoms with Crippen LogP contribution in [0.4, 0.5) is 5.69 Å². The molecule has 0 unspecified atom stereocenters. The third kappa shape index (κ3) is 3.82. The van der Waals surface area contributed by atoms with Crippen molar-refractivity contribution in [1.29, 1.82) is 0 Å². The number of carbonyl (C=O) groups excluding carboxylic acids is 3. The van der Waals surface area contributed by atoms with Crippen LogP contribution in [0, 0.1) is 0 Å². The van der Waals surface area contributed by atoms with E-state index in [1.54, 1.807) is 38.2 Å². The zero-order valence-electron chi connectivity index (χ0n) is 13.1. The van der Waals surface area contributed by atoms with E-state index in [-0.39, 0.29) is 23.8 Å². The van der Waals surface area contributed by atoms with Crippen molar-refractivity contribution in [1.82, 2.24) is 9.78 Å². The van der Waals surface area contributed by atoms with Crippen LogP contribution in [0.1, 0.15) is 45.2 Å². The van der Waals surface area contributed by atoms with E-state index in [4.69, 9.17) is 4.74 Å². The van der Waals surface area contributed by atoms with Crippen LogP contribution in [0.15, 0.2) is 30.3 Å². The number of aromatic nitrogens is 2. The lowest BCUT2D eigenvalue weighted by Crippen LogP contribution is -2.13. The van der Waals surface area contributed by atoms with Crippen LogP contribution in [-0.4, -0.2) is 34.0 Å². The molecule has 1 N–H and O–H groups in total. The Morgan fingerprint density at radius 3 is 2.43 bits per heavy atom. The quantitative estimate of drug-likeness (QED) is 0.673. The predicted molar refractivity (Wildman–Crippen MR) is 83.6 cm³/mol. The van der Waals surface area contributed by atoms with Crippen molar-refractivity contribution in [2.45, 2.75) is 13.8 Å². The Labute approximate surface area is 133 Å². The fraction of sp³-hybridized carbons (Fsp3) is 0.250. The number of nitrogens with one attached hydrogen (secondary N) is 1. The molecule has 1 amide bonds. The van der Waals surface area contributed by atoms with E-state index in [2.05, 4.69) is 10.4 Å². The first-order chi connectivity index (χ1) is 10.9. The minimum absolute atomic E-state index is 0.0494. The second-order valence-corrected chi connectivity index (χ2v) is 4.85. The molecule has 0 saturated carbocycles. The van der Waals surface area contributed by atoms with Gasteiger partial charge in [-0.25, -0.2) is 4.79 Å². The molecule has 1 aromatic carbocycles. The maximum Gasteiger partial charge on any atom is 0.356 e. The summed E-state index contributed by atoms with van der Waals surface area (Å²) < 4.78 is 6.19. The fourth-order valence-electron chi connectivity index (χ4n) is 1.96. The predicted octanol–water partition coefficient (Wildman–Crippen LogP) is 2.05. The zero-order valence-corrected chi connectivity index (χ0v) is 13.1. The van der Waals surface area contributed by atoms with Gasteiger partial charge < -0.3 is 10.1 Å². The summed E-state index contributed by atoms with van der Waals surface area (Å²) in [5.74, 6) is -1.04. The highest BCUT2D eigenvalue weighted by Gasteiger charge is 2.18. The summed E-state index contributed by atoms with van der Waals surface area (Å²) in [5.41, 5.74) is 1.39. The number of anilines is 1. The van der Waals surface area contributed by atoms with Gasteiger partial charge in [0, 0.05) is 24.4 Å². The minimum atomic E-state index is -0.535. The van der Waals surface area contributed by atoms with Crippen molar-refractivity contribution in [3.63, 3.8) is 0 Å². The van der Waals surface area contributed by atoms with Gasteiger partial charge in [-0.15, -0.1) is 0 Å². The maximum atomic E-state index is 12.2. The molecular weight excluding hydrogens is 298 g/mol. The molecule has 1 aromatic heterocycles. The number of ketones is 1. The molecule has 0 aliphatic rings. The first kappa shape index (κ1) is 16.4. The van der Waals surface area contributed by atoms with Gasteiger partial charge in [-0.2, -0.15) is 5.10 Å². The van der Waals surface area contributed by atoms with Crippen molar-refractivity contribution in [3.05, 3.63) is 47.3 Å². The smallest absolute Gasteiger partial charge is 0.356 e. The lowest BCUT2D eigenvalue weighted by Gasteiger charge is -2.03. The topological polar surface area (TPSA) is 90.3 Å². The molecule has 120 valence electrons. The van der Waals surface area contributed by atoms with Crippen LogP contribution in [0.2, 0.25) is 0 Å². The third-order valence-electron chi connectivity index (χ3n) is 3.15. The first-order valence-corrected chi connectivity index (χ1v) is 7.06. The van der Waals surface area contributed by atoms with Gasteiger partial charge in [-0.1, -0.05) is 0 Å². The summed E-state index contributed by atoms with van der Waals surface area (Å²) in [6, 6.07) is 7.88. The van der Waals surface area contributed by atoms with Crippen LogP contribution in [0.25, 0.3) is 0 Å². The molecule has 7 heteroatoms. The summed E-state index contributed by atoms with van der Waals surface area (Å²) >= 11 is 0. The van der Waals surface area contributed by atoms with E-state index in [9.17, 15) is 14.4 Å². The third-order valence-corrected chi connectivity index (χ3v) is 3.15. The van der Waals surface area contributed by atoms with Crippen molar-refractivity contribution >= 4 is 23.3 Å². The highest BCUT2D eigenvalue weighted by atomic mass is 16.5. The average molecular weight is 315 g/mol. The van der Waals surface area contributed by atoms with Gasteiger partial charge in [0.25, 0.3) is 5.91 Å². The maximum absolute atomic E-state index is 12.2. The van der Waals surface area contributed by atoms with Gasteiger partial charge in [0.2, 0.25) is 0 Å². The molecule has 0 saturated heterocycles. The molecule has 2 rings (SSSR count). The van der Waals surface area contributed by atoms with Gasteiger partial charge in [-0.3, -0.25) is 14.3 Å². The Morgan fingerprint density at radius 1 is 1.22 bits per heavy atom. The molecule has 0 spiro atoms. The highest BCUT2D eigenvalue weighted by molar-refractivity contribution is 6.04. The average Bonchev–Trinajstić information content (AvgIpc) is 2.90. The molecule has 2 aromatic rings. The van der Waals surface area contributed by atoms with E-state index >= 15 is 0 Å². The van der Waals surface area contributed by atoms with Crippen molar-refractivity contribution in [2.24, 2.45) is 7.05 Å². The van der Waals surface area contributed by atoms with Crippen molar-refractivity contribution in [2.75, 3.05) is 11.9 Å². The van der Waals surface area contributed by atoms with Gasteiger partial charge in [0.15, 0.2) is 11.5 Å². The molecule has 23 heavy (non-hydrogen) atoms. The SMILES string of the molecule is CCOC(=O)c1cc(C(=O)Nc2ccc(C(C)=O)cc2)nn1C. The number of carbonyl (C=O) groups is 3. The fourth-order valence-corrected chi connectivity index (χ4v) is 1.96. The largest absolute Gasteiger partial charge is 0.461 e.